The summed E-state index contributed by atoms with van der Waals surface area (Å²) in [6, 6.07) is 3.22. The first-order chi connectivity index (χ1) is 9.73. The highest BCUT2D eigenvalue weighted by molar-refractivity contribution is 5.79. The molecule has 1 N–H and O–H groups in total. The van der Waals surface area contributed by atoms with Crippen LogP contribution in [0.1, 0.15) is 10.4 Å². The third-order valence-electron chi connectivity index (χ3n) is 2.16. The van der Waals surface area contributed by atoms with E-state index in [-0.39, 0.29) is 11.3 Å². The molecule has 7 nitrogen and oxygen atoms in total. The van der Waals surface area contributed by atoms with Gasteiger partial charge in [0.15, 0.2) is 12.4 Å². The van der Waals surface area contributed by atoms with Crippen LogP contribution in [0.25, 0.3) is 0 Å². The largest absolute Gasteiger partial charge is 0.477 e. The molecule has 0 fully saturated rings. The van der Waals surface area contributed by atoms with Crippen molar-refractivity contribution in [2.75, 3.05) is 13.2 Å². The van der Waals surface area contributed by atoms with Crippen molar-refractivity contribution in [2.45, 2.75) is 6.18 Å². The Kier molecular flexibility index (Phi) is 5.22. The monoisotopic (exact) mass is 306 g/mol. The molecule has 10 heteroatoms. The SMILES string of the molecule is O=Cc1ccc(OCC(=O)NCC(F)(F)F)c([N+](=O)[O-])c1. The first-order valence-corrected chi connectivity index (χ1v) is 5.43. The second-order valence-electron chi connectivity index (χ2n) is 3.78. The van der Waals surface area contributed by atoms with Gasteiger partial charge in [-0.3, -0.25) is 19.7 Å². The molecule has 0 saturated carbocycles. The Morgan fingerprint density at radius 3 is 2.62 bits per heavy atom. The van der Waals surface area contributed by atoms with Gasteiger partial charge in [-0.25, -0.2) is 0 Å². The number of benzene rings is 1. The molecule has 0 aliphatic heterocycles. The molecule has 1 aromatic carbocycles. The first kappa shape index (κ1) is 16.4. The van der Waals surface area contributed by atoms with E-state index >= 15 is 0 Å². The van der Waals surface area contributed by atoms with E-state index in [2.05, 4.69) is 0 Å². The van der Waals surface area contributed by atoms with E-state index in [0.29, 0.717) is 6.29 Å². The predicted molar refractivity (Wildman–Crippen MR) is 63.0 cm³/mol. The number of nitrogens with one attached hydrogen (secondary N) is 1. The van der Waals surface area contributed by atoms with E-state index in [0.717, 1.165) is 12.1 Å². The van der Waals surface area contributed by atoms with Crippen LogP contribution in [0, 0.1) is 10.1 Å². The van der Waals surface area contributed by atoms with Crippen LogP contribution in [0.4, 0.5) is 18.9 Å². The summed E-state index contributed by atoms with van der Waals surface area (Å²) < 4.78 is 40.4. The molecule has 1 rings (SSSR count). The van der Waals surface area contributed by atoms with Crippen LogP contribution in [-0.4, -0.2) is 36.4 Å². The van der Waals surface area contributed by atoms with E-state index in [1.165, 1.54) is 6.07 Å². The molecule has 1 aromatic rings. The van der Waals surface area contributed by atoms with E-state index in [1.54, 1.807) is 5.32 Å². The second-order valence-corrected chi connectivity index (χ2v) is 3.78. The fourth-order valence-electron chi connectivity index (χ4n) is 1.27. The average Bonchev–Trinajstić information content (AvgIpc) is 2.41. The van der Waals surface area contributed by atoms with E-state index in [1.807, 2.05) is 0 Å². The van der Waals surface area contributed by atoms with Gasteiger partial charge in [0.05, 0.1) is 4.92 Å². The molecule has 0 aliphatic rings. The molecule has 0 atom stereocenters. The van der Waals surface area contributed by atoms with Crippen molar-refractivity contribution < 1.29 is 32.4 Å². The zero-order valence-electron chi connectivity index (χ0n) is 10.3. The summed E-state index contributed by atoms with van der Waals surface area (Å²) in [5, 5.41) is 12.3. The number of carbonyl (C=O) groups is 2. The third kappa shape index (κ3) is 5.47. The van der Waals surface area contributed by atoms with Crippen molar-refractivity contribution >= 4 is 17.9 Å². The minimum Gasteiger partial charge on any atom is -0.477 e. The summed E-state index contributed by atoms with van der Waals surface area (Å²) in [6.07, 6.45) is -4.18. The van der Waals surface area contributed by atoms with Gasteiger partial charge in [-0.05, 0) is 12.1 Å². The maximum Gasteiger partial charge on any atom is 0.405 e. The van der Waals surface area contributed by atoms with Crippen LogP contribution in [-0.2, 0) is 4.79 Å². The molecule has 1 amide bonds. The molecule has 0 unspecified atom stereocenters. The number of carbonyl (C=O) groups excluding carboxylic acids is 2. The van der Waals surface area contributed by atoms with Crippen LogP contribution >= 0.6 is 0 Å². The highest BCUT2D eigenvalue weighted by Gasteiger charge is 2.27. The first-order valence-electron chi connectivity index (χ1n) is 5.43. The molecule has 114 valence electrons. The number of nitro groups is 1. The van der Waals surface area contributed by atoms with Gasteiger partial charge in [-0.1, -0.05) is 0 Å². The smallest absolute Gasteiger partial charge is 0.405 e. The molecular weight excluding hydrogens is 297 g/mol. The van der Waals surface area contributed by atoms with E-state index in [4.69, 9.17) is 4.74 Å². The Labute approximate surface area is 115 Å². The fourth-order valence-corrected chi connectivity index (χ4v) is 1.27. The van der Waals surface area contributed by atoms with Crippen LogP contribution in [0.3, 0.4) is 0 Å². The summed E-state index contributed by atoms with van der Waals surface area (Å²) in [4.78, 5) is 31.5. The van der Waals surface area contributed by atoms with Crippen molar-refractivity contribution in [3.05, 3.63) is 33.9 Å². The van der Waals surface area contributed by atoms with Crippen molar-refractivity contribution in [3.8, 4) is 5.75 Å². The Morgan fingerprint density at radius 2 is 2.10 bits per heavy atom. The van der Waals surface area contributed by atoms with Gasteiger partial charge in [0, 0.05) is 11.6 Å². The standard InChI is InChI=1S/C11H9F3N2O5/c12-11(13,14)6-15-10(18)5-21-9-2-1-7(4-17)3-8(9)16(19)20/h1-4H,5-6H2,(H,15,18). The van der Waals surface area contributed by atoms with Crippen LogP contribution < -0.4 is 10.1 Å². The highest BCUT2D eigenvalue weighted by atomic mass is 19.4. The molecule has 0 bridgehead atoms. The molecule has 0 heterocycles. The zero-order valence-corrected chi connectivity index (χ0v) is 10.3. The number of aldehydes is 1. The second kappa shape index (κ2) is 6.68. The molecule has 0 aliphatic carbocycles. The van der Waals surface area contributed by atoms with Gasteiger partial charge >= 0.3 is 11.9 Å². The molecule has 0 aromatic heterocycles. The Morgan fingerprint density at radius 1 is 1.43 bits per heavy atom. The van der Waals surface area contributed by atoms with Gasteiger partial charge in [0.25, 0.3) is 5.91 Å². The van der Waals surface area contributed by atoms with E-state index < -0.39 is 35.8 Å². The molecule has 0 radical (unpaired) electrons. The highest BCUT2D eigenvalue weighted by Crippen LogP contribution is 2.27. The van der Waals surface area contributed by atoms with Crippen LogP contribution in [0.5, 0.6) is 5.75 Å². The number of hydrogen-bond donors (Lipinski definition) is 1. The van der Waals surface area contributed by atoms with Crippen LogP contribution in [0.15, 0.2) is 18.2 Å². The Balaban J connectivity index is 2.69. The molecule has 0 spiro atoms. The van der Waals surface area contributed by atoms with Gasteiger partial charge in [0.2, 0.25) is 0 Å². The number of hydrogen-bond acceptors (Lipinski definition) is 5. The Bertz CT molecular complexity index is 559. The number of amides is 1. The lowest BCUT2D eigenvalue weighted by Gasteiger charge is -2.09. The number of nitrogens with zero attached hydrogens (tertiary/aromatic N) is 1. The summed E-state index contributed by atoms with van der Waals surface area (Å²) in [7, 11) is 0. The average molecular weight is 306 g/mol. The number of rotatable bonds is 6. The minimum absolute atomic E-state index is 0.0237. The fraction of sp³-hybridized carbons (Fsp3) is 0.273. The van der Waals surface area contributed by atoms with Gasteiger partial charge in [-0.15, -0.1) is 0 Å². The van der Waals surface area contributed by atoms with Gasteiger partial charge in [-0.2, -0.15) is 13.2 Å². The van der Waals surface area contributed by atoms with Crippen molar-refractivity contribution in [3.63, 3.8) is 0 Å². The lowest BCUT2D eigenvalue weighted by atomic mass is 10.2. The Hall–Kier alpha value is -2.65. The molecular formula is C11H9F3N2O5. The summed E-state index contributed by atoms with van der Waals surface area (Å²) in [6.45, 7) is -2.35. The maximum absolute atomic E-state index is 11.9. The van der Waals surface area contributed by atoms with Crippen molar-refractivity contribution in [1.82, 2.24) is 5.32 Å². The number of alkyl halides is 3. The topological polar surface area (TPSA) is 98.5 Å². The third-order valence-corrected chi connectivity index (χ3v) is 2.16. The lowest BCUT2D eigenvalue weighted by molar-refractivity contribution is -0.385. The van der Waals surface area contributed by atoms with E-state index in [9.17, 15) is 32.9 Å². The number of ether oxygens (including phenoxy) is 1. The molecule has 0 saturated heterocycles. The van der Waals surface area contributed by atoms with Gasteiger partial charge < -0.3 is 10.1 Å². The lowest BCUT2D eigenvalue weighted by Crippen LogP contribution is -2.36. The molecule has 21 heavy (non-hydrogen) atoms. The summed E-state index contributed by atoms with van der Waals surface area (Å²) in [5.74, 6) is -1.41. The van der Waals surface area contributed by atoms with Gasteiger partial charge in [0.1, 0.15) is 12.8 Å². The number of halogens is 3. The predicted octanol–water partition coefficient (Wildman–Crippen LogP) is 1.46. The minimum atomic E-state index is -4.56. The number of nitro benzene ring substituents is 1. The normalized spacial score (nSPS) is 10.8. The van der Waals surface area contributed by atoms with Crippen molar-refractivity contribution in [2.24, 2.45) is 0 Å². The van der Waals surface area contributed by atoms with Crippen molar-refractivity contribution in [1.29, 1.82) is 0 Å². The summed E-state index contributed by atoms with van der Waals surface area (Å²) in [5.41, 5.74) is -0.543. The zero-order chi connectivity index (χ0) is 16.0. The summed E-state index contributed by atoms with van der Waals surface area (Å²) >= 11 is 0. The quantitative estimate of drug-likeness (QED) is 0.487. The van der Waals surface area contributed by atoms with Crippen LogP contribution in [0.2, 0.25) is 0 Å². The maximum atomic E-state index is 11.9.